The Balaban J connectivity index is 1.75. The Morgan fingerprint density at radius 2 is 1.88 bits per heavy atom. The molecular weight excluding hydrogens is 346 g/mol. The molecule has 0 radical (unpaired) electrons. The van der Waals surface area contributed by atoms with Crippen molar-refractivity contribution < 1.29 is 0 Å². The minimum absolute atomic E-state index is 0.168. The third-order valence-corrected chi connectivity index (χ3v) is 5.44. The van der Waals surface area contributed by atoms with Gasteiger partial charge in [0.15, 0.2) is 0 Å². The molecule has 5 heteroatoms. The smallest absolute Gasteiger partial charge is 0.270 e. The number of halogens is 1. The fourth-order valence-corrected chi connectivity index (χ4v) is 3.75. The van der Waals surface area contributed by atoms with Crippen molar-refractivity contribution in [2.45, 2.75) is 45.1 Å². The Labute approximate surface area is 159 Å². The molecule has 2 aromatic rings. The number of aryl methyl sites for hydroxylation is 1. The summed E-state index contributed by atoms with van der Waals surface area (Å²) in [5.74, 6) is 0.499. The van der Waals surface area contributed by atoms with Crippen molar-refractivity contribution >= 4 is 17.3 Å². The first kappa shape index (κ1) is 18.5. The molecule has 4 nitrogen and oxygen atoms in total. The van der Waals surface area contributed by atoms with Gasteiger partial charge >= 0.3 is 0 Å². The monoisotopic (exact) mass is 369 g/mol. The largest absolute Gasteiger partial charge is 0.370 e. The molecule has 1 aromatic carbocycles. The standard InChI is InChI=1S/C21H24ClN3O/c1-2-3-11-25-14-10-20(19(15-23)21(25)26)24-12-8-17(9-13-24)16-4-6-18(22)7-5-16/h4-7,10,14,17H,2-3,8-9,11-13H2,1H3. The van der Waals surface area contributed by atoms with Crippen molar-refractivity contribution in [3.8, 4) is 6.07 Å². The molecule has 0 amide bonds. The number of aromatic nitrogens is 1. The van der Waals surface area contributed by atoms with Crippen LogP contribution < -0.4 is 10.5 Å². The number of unbranched alkanes of at least 4 members (excludes halogenated alkanes) is 1. The van der Waals surface area contributed by atoms with E-state index in [0.717, 1.165) is 49.5 Å². The number of benzene rings is 1. The van der Waals surface area contributed by atoms with Crippen LogP contribution in [-0.2, 0) is 6.54 Å². The number of hydrogen-bond acceptors (Lipinski definition) is 3. The van der Waals surface area contributed by atoms with Gasteiger partial charge in [-0.25, -0.2) is 0 Å². The summed E-state index contributed by atoms with van der Waals surface area (Å²) in [7, 11) is 0. The van der Waals surface area contributed by atoms with Crippen LogP contribution in [0, 0.1) is 11.3 Å². The average Bonchev–Trinajstić information content (AvgIpc) is 2.67. The minimum atomic E-state index is -0.168. The van der Waals surface area contributed by atoms with E-state index < -0.39 is 0 Å². The van der Waals surface area contributed by atoms with E-state index in [1.54, 1.807) is 4.57 Å². The van der Waals surface area contributed by atoms with E-state index in [9.17, 15) is 10.1 Å². The Kier molecular flexibility index (Phi) is 6.00. The molecule has 0 aliphatic carbocycles. The van der Waals surface area contributed by atoms with E-state index in [2.05, 4.69) is 30.0 Å². The highest BCUT2D eigenvalue weighted by molar-refractivity contribution is 6.30. The second kappa shape index (κ2) is 8.42. The molecule has 0 spiro atoms. The van der Waals surface area contributed by atoms with Gasteiger partial charge in [0, 0.05) is 30.9 Å². The van der Waals surface area contributed by atoms with Crippen LogP contribution in [0.1, 0.15) is 49.7 Å². The van der Waals surface area contributed by atoms with Crippen molar-refractivity contribution in [3.05, 3.63) is 63.0 Å². The van der Waals surface area contributed by atoms with Gasteiger partial charge in [0.05, 0.1) is 5.69 Å². The summed E-state index contributed by atoms with van der Waals surface area (Å²) in [6, 6.07) is 12.1. The summed E-state index contributed by atoms with van der Waals surface area (Å²) in [6.45, 7) is 4.46. The van der Waals surface area contributed by atoms with Crippen LogP contribution in [0.2, 0.25) is 5.02 Å². The predicted molar refractivity (Wildman–Crippen MR) is 106 cm³/mol. The first-order chi connectivity index (χ1) is 12.6. The van der Waals surface area contributed by atoms with Gasteiger partial charge in [-0.2, -0.15) is 5.26 Å². The second-order valence-electron chi connectivity index (χ2n) is 6.85. The summed E-state index contributed by atoms with van der Waals surface area (Å²) >= 11 is 5.98. The van der Waals surface area contributed by atoms with Gasteiger partial charge in [-0.15, -0.1) is 0 Å². The van der Waals surface area contributed by atoms with Crippen LogP contribution in [0.5, 0.6) is 0 Å². The summed E-state index contributed by atoms with van der Waals surface area (Å²) in [6.07, 6.45) is 5.81. The van der Waals surface area contributed by atoms with E-state index in [-0.39, 0.29) is 11.1 Å². The molecule has 1 saturated heterocycles. The lowest BCUT2D eigenvalue weighted by atomic mass is 9.89. The number of piperidine rings is 1. The zero-order chi connectivity index (χ0) is 18.5. The van der Waals surface area contributed by atoms with Crippen molar-refractivity contribution in [2.75, 3.05) is 18.0 Å². The zero-order valence-electron chi connectivity index (χ0n) is 15.1. The quantitative estimate of drug-likeness (QED) is 0.776. The molecule has 1 fully saturated rings. The van der Waals surface area contributed by atoms with Gasteiger partial charge < -0.3 is 9.47 Å². The van der Waals surface area contributed by atoms with Gasteiger partial charge in [0.25, 0.3) is 5.56 Å². The number of hydrogen-bond donors (Lipinski definition) is 0. The lowest BCUT2D eigenvalue weighted by molar-refractivity contribution is 0.504. The van der Waals surface area contributed by atoms with Crippen molar-refractivity contribution in [1.82, 2.24) is 4.57 Å². The topological polar surface area (TPSA) is 49.0 Å². The van der Waals surface area contributed by atoms with Crippen LogP contribution in [0.15, 0.2) is 41.3 Å². The van der Waals surface area contributed by atoms with Crippen molar-refractivity contribution in [3.63, 3.8) is 0 Å². The lowest BCUT2D eigenvalue weighted by Crippen LogP contribution is -2.35. The highest BCUT2D eigenvalue weighted by Crippen LogP contribution is 2.31. The molecule has 0 unspecified atom stereocenters. The fraction of sp³-hybridized carbons (Fsp3) is 0.429. The fourth-order valence-electron chi connectivity index (χ4n) is 3.63. The molecule has 3 rings (SSSR count). The van der Waals surface area contributed by atoms with Crippen LogP contribution >= 0.6 is 11.6 Å². The Bertz CT molecular complexity index is 843. The zero-order valence-corrected chi connectivity index (χ0v) is 15.9. The molecule has 0 atom stereocenters. The Morgan fingerprint density at radius 1 is 1.19 bits per heavy atom. The first-order valence-corrected chi connectivity index (χ1v) is 9.65. The third kappa shape index (κ3) is 3.94. The maximum atomic E-state index is 12.6. The van der Waals surface area contributed by atoms with E-state index in [4.69, 9.17) is 11.6 Å². The molecule has 1 aliphatic rings. The van der Waals surface area contributed by atoms with Gasteiger partial charge in [-0.05, 0) is 48.9 Å². The van der Waals surface area contributed by atoms with Crippen LogP contribution in [0.4, 0.5) is 5.69 Å². The summed E-state index contributed by atoms with van der Waals surface area (Å²) in [5, 5.41) is 10.3. The molecule has 136 valence electrons. The van der Waals surface area contributed by atoms with E-state index in [0.29, 0.717) is 12.5 Å². The number of pyridine rings is 1. The molecule has 0 N–H and O–H groups in total. The molecule has 1 aromatic heterocycles. The lowest BCUT2D eigenvalue weighted by Gasteiger charge is -2.34. The number of nitriles is 1. The molecule has 26 heavy (non-hydrogen) atoms. The van der Waals surface area contributed by atoms with Gasteiger partial charge in [-0.1, -0.05) is 37.1 Å². The predicted octanol–water partition coefficient (Wildman–Crippen LogP) is 4.56. The molecular formula is C21H24ClN3O. The SMILES string of the molecule is CCCCn1ccc(N2CCC(c3ccc(Cl)cc3)CC2)c(C#N)c1=O. The average molecular weight is 370 g/mol. The van der Waals surface area contributed by atoms with Crippen LogP contribution in [-0.4, -0.2) is 17.7 Å². The van der Waals surface area contributed by atoms with E-state index in [1.807, 2.05) is 24.4 Å². The van der Waals surface area contributed by atoms with Crippen molar-refractivity contribution in [1.29, 1.82) is 5.26 Å². The molecule has 1 aliphatic heterocycles. The second-order valence-corrected chi connectivity index (χ2v) is 7.29. The highest BCUT2D eigenvalue weighted by atomic mass is 35.5. The van der Waals surface area contributed by atoms with Gasteiger partial charge in [0.1, 0.15) is 11.6 Å². The van der Waals surface area contributed by atoms with E-state index in [1.165, 1.54) is 5.56 Å². The summed E-state index contributed by atoms with van der Waals surface area (Å²) < 4.78 is 1.66. The first-order valence-electron chi connectivity index (χ1n) is 9.28. The maximum absolute atomic E-state index is 12.6. The third-order valence-electron chi connectivity index (χ3n) is 5.18. The number of anilines is 1. The maximum Gasteiger partial charge on any atom is 0.270 e. The number of nitrogens with zero attached hydrogens (tertiary/aromatic N) is 3. The number of rotatable bonds is 5. The molecule has 2 heterocycles. The Hall–Kier alpha value is -2.25. The molecule has 0 bridgehead atoms. The van der Waals surface area contributed by atoms with Gasteiger partial charge in [0.2, 0.25) is 0 Å². The van der Waals surface area contributed by atoms with Crippen molar-refractivity contribution in [2.24, 2.45) is 0 Å². The van der Waals surface area contributed by atoms with Crippen LogP contribution in [0.3, 0.4) is 0 Å². The van der Waals surface area contributed by atoms with Gasteiger partial charge in [-0.3, -0.25) is 4.79 Å². The Morgan fingerprint density at radius 3 is 2.50 bits per heavy atom. The highest BCUT2D eigenvalue weighted by Gasteiger charge is 2.23. The summed E-state index contributed by atoms with van der Waals surface area (Å²) in [5.41, 5.74) is 2.19. The van der Waals surface area contributed by atoms with E-state index >= 15 is 0 Å². The minimum Gasteiger partial charge on any atom is -0.370 e. The van der Waals surface area contributed by atoms with Crippen LogP contribution in [0.25, 0.3) is 0 Å². The summed E-state index contributed by atoms with van der Waals surface area (Å²) in [4.78, 5) is 14.8. The molecule has 0 saturated carbocycles. The normalized spacial score (nSPS) is 15.0.